The summed E-state index contributed by atoms with van der Waals surface area (Å²) in [6, 6.07) is 20.0. The molecule has 0 radical (unpaired) electrons. The Hall–Kier alpha value is -3.14. The van der Waals surface area contributed by atoms with Crippen LogP contribution >= 0.6 is 0 Å². The summed E-state index contributed by atoms with van der Waals surface area (Å²) in [5, 5.41) is 0. The van der Waals surface area contributed by atoms with Crippen molar-refractivity contribution < 1.29 is 18.3 Å². The van der Waals surface area contributed by atoms with Crippen LogP contribution in [-0.4, -0.2) is 0 Å². The molecule has 0 saturated heterocycles. The van der Waals surface area contributed by atoms with Gasteiger partial charge in [0.1, 0.15) is 6.61 Å². The third-order valence-electron chi connectivity index (χ3n) is 6.46. The van der Waals surface area contributed by atoms with Crippen LogP contribution in [-0.2, 0) is 6.61 Å². The first-order chi connectivity index (χ1) is 16.0. The summed E-state index contributed by atoms with van der Waals surface area (Å²) in [4.78, 5) is 0. The average molecular weight is 449 g/mol. The Morgan fingerprint density at radius 3 is 1.85 bits per heavy atom. The molecule has 0 aliphatic heterocycles. The van der Waals surface area contributed by atoms with E-state index in [1.807, 2.05) is 12.1 Å². The van der Waals surface area contributed by atoms with E-state index in [2.05, 4.69) is 43.3 Å². The Labute approximate surface area is 194 Å². The van der Waals surface area contributed by atoms with Crippen LogP contribution in [0.3, 0.4) is 0 Å². The maximum absolute atomic E-state index is 14.3. The molecule has 1 saturated carbocycles. The van der Waals surface area contributed by atoms with Gasteiger partial charge in [-0.2, -0.15) is 8.78 Å². The van der Waals surface area contributed by atoms with Gasteiger partial charge >= 0.3 is 0 Å². The summed E-state index contributed by atoms with van der Waals surface area (Å²) < 4.78 is 39.0. The predicted octanol–water partition coefficient (Wildman–Crippen LogP) is 8.21. The molecular weight excluding hydrogens is 418 g/mol. The molecule has 0 unspecified atom stereocenters. The number of halogens is 2. The molecule has 2 nitrogen and oxygen atoms in total. The number of ether oxygens (including phenoxy) is 2. The summed E-state index contributed by atoms with van der Waals surface area (Å²) in [6.07, 6.45) is 7.67. The van der Waals surface area contributed by atoms with Gasteiger partial charge in [0.15, 0.2) is 11.5 Å². The van der Waals surface area contributed by atoms with Gasteiger partial charge in [-0.3, -0.25) is 0 Å². The number of benzene rings is 3. The van der Waals surface area contributed by atoms with Crippen molar-refractivity contribution in [3.63, 3.8) is 0 Å². The lowest BCUT2D eigenvalue weighted by molar-refractivity contribution is 0.281. The lowest BCUT2D eigenvalue weighted by Crippen LogP contribution is -2.12. The second-order valence-corrected chi connectivity index (χ2v) is 8.77. The number of allylic oxidation sites excluding steroid dienone is 1. The van der Waals surface area contributed by atoms with Crippen molar-refractivity contribution in [3.8, 4) is 11.5 Å². The van der Waals surface area contributed by atoms with Gasteiger partial charge in [0.25, 0.3) is 0 Å². The number of hydrogen-bond acceptors (Lipinski definition) is 2. The van der Waals surface area contributed by atoms with Crippen molar-refractivity contribution in [2.45, 2.75) is 58.0 Å². The number of hydrogen-bond donors (Lipinski definition) is 0. The first-order valence-electron chi connectivity index (χ1n) is 11.6. The summed E-state index contributed by atoms with van der Waals surface area (Å²) in [5.41, 5.74) is 5.02. The molecule has 33 heavy (non-hydrogen) atoms. The van der Waals surface area contributed by atoms with Crippen LogP contribution in [0.1, 0.15) is 66.7 Å². The highest BCUT2D eigenvalue weighted by Gasteiger charge is 2.23. The van der Waals surface area contributed by atoms with Gasteiger partial charge in [-0.25, -0.2) is 0 Å². The molecule has 3 aromatic rings. The monoisotopic (exact) mass is 448 g/mol. The molecule has 0 amide bonds. The predicted molar refractivity (Wildman–Crippen MR) is 128 cm³/mol. The van der Waals surface area contributed by atoms with Gasteiger partial charge in [0, 0.05) is 0 Å². The fourth-order valence-electron chi connectivity index (χ4n) is 4.50. The third kappa shape index (κ3) is 5.62. The van der Waals surface area contributed by atoms with Gasteiger partial charge in [-0.1, -0.05) is 60.2 Å². The van der Waals surface area contributed by atoms with Crippen LogP contribution in [0.5, 0.6) is 11.5 Å². The molecule has 0 heterocycles. The smallest absolute Gasteiger partial charge is 0.205 e. The minimum absolute atomic E-state index is 0.126. The van der Waals surface area contributed by atoms with Gasteiger partial charge in [0.05, 0.1) is 6.26 Å². The van der Waals surface area contributed by atoms with Crippen molar-refractivity contribution in [1.29, 1.82) is 0 Å². The lowest BCUT2D eigenvalue weighted by Gasteiger charge is -2.29. The highest BCUT2D eigenvalue weighted by atomic mass is 19.2. The van der Waals surface area contributed by atoms with E-state index in [1.54, 1.807) is 13.0 Å². The summed E-state index contributed by atoms with van der Waals surface area (Å²) in [7, 11) is 0. The van der Waals surface area contributed by atoms with E-state index in [4.69, 9.17) is 9.47 Å². The van der Waals surface area contributed by atoms with Crippen LogP contribution in [0.2, 0.25) is 0 Å². The van der Waals surface area contributed by atoms with E-state index in [-0.39, 0.29) is 18.1 Å². The summed E-state index contributed by atoms with van der Waals surface area (Å²) in [5.74, 6) is -1.17. The van der Waals surface area contributed by atoms with E-state index in [1.165, 1.54) is 60.8 Å². The second-order valence-electron chi connectivity index (χ2n) is 8.77. The highest BCUT2D eigenvalue weighted by Crippen LogP contribution is 2.40. The molecule has 1 fully saturated rings. The molecule has 0 atom stereocenters. The molecule has 1 aliphatic carbocycles. The van der Waals surface area contributed by atoms with Gasteiger partial charge in [-0.15, -0.1) is 0 Å². The summed E-state index contributed by atoms with van der Waals surface area (Å²) in [6.45, 7) is 4.03. The standard InChI is InChI=1S/C29H30F2O2/c1-3-18-32-26-16-17-27(29(31)28(26)30)33-19-21-6-10-23(11-7-21)25-14-12-24(13-15-25)22-8-4-20(2)5-9-22/h3-11,16-18,24-25H,12-15,19H2,1-2H3/b18-3+. The van der Waals surface area contributed by atoms with Gasteiger partial charge < -0.3 is 9.47 Å². The Kier molecular flexibility index (Phi) is 7.43. The lowest BCUT2D eigenvalue weighted by atomic mass is 9.76. The average Bonchev–Trinajstić information content (AvgIpc) is 2.85. The van der Waals surface area contributed by atoms with Crippen molar-refractivity contribution in [3.05, 3.63) is 107 Å². The van der Waals surface area contributed by atoms with E-state index in [0.29, 0.717) is 11.8 Å². The zero-order valence-corrected chi connectivity index (χ0v) is 19.2. The van der Waals surface area contributed by atoms with Crippen molar-refractivity contribution in [1.82, 2.24) is 0 Å². The molecule has 0 spiro atoms. The molecule has 3 aromatic carbocycles. The Morgan fingerprint density at radius 1 is 0.758 bits per heavy atom. The summed E-state index contributed by atoms with van der Waals surface area (Å²) >= 11 is 0. The normalized spacial score (nSPS) is 18.4. The maximum atomic E-state index is 14.3. The van der Waals surface area contributed by atoms with E-state index >= 15 is 0 Å². The SMILES string of the molecule is C/C=C/Oc1ccc(OCc2ccc(C3CCC(c4ccc(C)cc4)CC3)cc2)c(F)c1F. The van der Waals surface area contributed by atoms with Crippen LogP contribution in [0.15, 0.2) is 73.0 Å². The maximum Gasteiger partial charge on any atom is 0.205 e. The van der Waals surface area contributed by atoms with Crippen LogP contribution in [0.25, 0.3) is 0 Å². The molecular formula is C29H30F2O2. The molecule has 1 aliphatic rings. The van der Waals surface area contributed by atoms with Crippen molar-refractivity contribution in [2.75, 3.05) is 0 Å². The minimum atomic E-state index is -1.05. The Morgan fingerprint density at radius 2 is 1.27 bits per heavy atom. The molecule has 0 N–H and O–H groups in total. The van der Waals surface area contributed by atoms with E-state index in [9.17, 15) is 8.78 Å². The molecule has 4 rings (SSSR count). The largest absolute Gasteiger partial charge is 0.486 e. The third-order valence-corrected chi connectivity index (χ3v) is 6.46. The highest BCUT2D eigenvalue weighted by molar-refractivity contribution is 5.36. The van der Waals surface area contributed by atoms with Crippen molar-refractivity contribution in [2.24, 2.45) is 0 Å². The first-order valence-corrected chi connectivity index (χ1v) is 11.6. The Bertz CT molecular complexity index is 1080. The molecule has 0 aromatic heterocycles. The minimum Gasteiger partial charge on any atom is -0.486 e. The number of aryl methyl sites for hydroxylation is 1. The van der Waals surface area contributed by atoms with Gasteiger partial charge in [0.2, 0.25) is 11.6 Å². The van der Waals surface area contributed by atoms with Crippen LogP contribution < -0.4 is 9.47 Å². The van der Waals surface area contributed by atoms with Crippen LogP contribution in [0.4, 0.5) is 8.78 Å². The molecule has 4 heteroatoms. The van der Waals surface area contributed by atoms with E-state index < -0.39 is 11.6 Å². The van der Waals surface area contributed by atoms with Crippen molar-refractivity contribution >= 4 is 0 Å². The fraction of sp³-hybridized carbons (Fsp3) is 0.310. The second kappa shape index (κ2) is 10.7. The zero-order valence-electron chi connectivity index (χ0n) is 19.2. The Balaban J connectivity index is 1.32. The van der Waals surface area contributed by atoms with E-state index in [0.717, 1.165) is 5.56 Å². The first kappa shape index (κ1) is 23.0. The fourth-order valence-corrected chi connectivity index (χ4v) is 4.50. The van der Waals surface area contributed by atoms with Gasteiger partial charge in [-0.05, 0) is 80.2 Å². The molecule has 172 valence electrons. The topological polar surface area (TPSA) is 18.5 Å². The zero-order chi connectivity index (χ0) is 23.2. The van der Waals surface area contributed by atoms with Crippen LogP contribution in [0, 0.1) is 18.6 Å². The molecule has 0 bridgehead atoms. The quantitative estimate of drug-likeness (QED) is 0.339. The number of rotatable bonds is 7.